The fourth-order valence-electron chi connectivity index (χ4n) is 2.63. The van der Waals surface area contributed by atoms with Gasteiger partial charge in [-0.15, -0.1) is 0 Å². The second-order valence-electron chi connectivity index (χ2n) is 5.32. The Morgan fingerprint density at radius 3 is 2.52 bits per heavy atom. The lowest BCUT2D eigenvalue weighted by Crippen LogP contribution is -2.31. The van der Waals surface area contributed by atoms with Crippen LogP contribution >= 0.6 is 11.6 Å². The van der Waals surface area contributed by atoms with Crippen LogP contribution < -0.4 is 10.6 Å². The number of aryl methyl sites for hydroxylation is 2. The summed E-state index contributed by atoms with van der Waals surface area (Å²) in [6, 6.07) is 10.5. The number of nitrogens with two attached hydrogens (primary N) is 1. The maximum absolute atomic E-state index is 14.1. The van der Waals surface area contributed by atoms with E-state index in [1.54, 1.807) is 12.1 Å². The SMILES string of the molecule is Cc1ccc(N(C)C(CN)c2cc(Cl)ccc2F)c(C)c1. The van der Waals surface area contributed by atoms with Crippen LogP contribution in [0.1, 0.15) is 22.7 Å². The molecule has 0 saturated heterocycles. The highest BCUT2D eigenvalue weighted by Crippen LogP contribution is 2.30. The van der Waals surface area contributed by atoms with Crippen LogP contribution in [-0.4, -0.2) is 13.6 Å². The molecule has 0 amide bonds. The summed E-state index contributed by atoms with van der Waals surface area (Å²) in [7, 11) is 1.93. The van der Waals surface area contributed by atoms with Gasteiger partial charge in [0.2, 0.25) is 0 Å². The maximum atomic E-state index is 14.1. The van der Waals surface area contributed by atoms with Gasteiger partial charge in [-0.3, -0.25) is 0 Å². The average Bonchev–Trinajstić information content (AvgIpc) is 2.43. The second kappa shape index (κ2) is 6.46. The Morgan fingerprint density at radius 1 is 1.19 bits per heavy atom. The van der Waals surface area contributed by atoms with Gasteiger partial charge >= 0.3 is 0 Å². The number of likely N-dealkylation sites (N-methyl/N-ethyl adjacent to an activating group) is 1. The molecule has 0 fully saturated rings. The van der Waals surface area contributed by atoms with Crippen LogP contribution in [-0.2, 0) is 0 Å². The van der Waals surface area contributed by atoms with E-state index in [1.807, 2.05) is 37.9 Å². The van der Waals surface area contributed by atoms with E-state index in [-0.39, 0.29) is 11.9 Å². The molecule has 0 saturated carbocycles. The highest BCUT2D eigenvalue weighted by Gasteiger charge is 2.21. The Bertz CT molecular complexity index is 643. The van der Waals surface area contributed by atoms with Crippen LogP contribution in [0.15, 0.2) is 36.4 Å². The molecule has 21 heavy (non-hydrogen) atoms. The summed E-state index contributed by atoms with van der Waals surface area (Å²) in [5.74, 6) is -0.286. The number of nitrogens with zero attached hydrogens (tertiary/aromatic N) is 1. The van der Waals surface area contributed by atoms with E-state index in [1.165, 1.54) is 11.6 Å². The first-order valence-electron chi connectivity index (χ1n) is 6.89. The minimum absolute atomic E-state index is 0.259. The number of halogens is 2. The summed E-state index contributed by atoms with van der Waals surface area (Å²) >= 11 is 5.99. The van der Waals surface area contributed by atoms with Crippen molar-refractivity contribution in [2.45, 2.75) is 19.9 Å². The van der Waals surface area contributed by atoms with Crippen LogP contribution in [0.4, 0.5) is 10.1 Å². The van der Waals surface area contributed by atoms with Crippen LogP contribution in [0.5, 0.6) is 0 Å². The standard InChI is InChI=1S/C17H20ClFN2/c1-11-4-7-16(12(2)8-11)21(3)17(10-20)14-9-13(18)5-6-15(14)19/h4-9,17H,10,20H2,1-3H3. The summed E-state index contributed by atoms with van der Waals surface area (Å²) in [5.41, 5.74) is 9.78. The van der Waals surface area contributed by atoms with Crippen molar-refractivity contribution in [2.24, 2.45) is 5.73 Å². The molecular formula is C17H20ClFN2. The minimum Gasteiger partial charge on any atom is -0.366 e. The van der Waals surface area contributed by atoms with Gasteiger partial charge in [-0.05, 0) is 43.7 Å². The van der Waals surface area contributed by atoms with E-state index < -0.39 is 0 Å². The van der Waals surface area contributed by atoms with E-state index in [0.717, 1.165) is 11.3 Å². The molecule has 2 N–H and O–H groups in total. The van der Waals surface area contributed by atoms with Crippen molar-refractivity contribution < 1.29 is 4.39 Å². The summed E-state index contributed by atoms with van der Waals surface area (Å²) in [4.78, 5) is 2.00. The first-order chi connectivity index (χ1) is 9.93. The van der Waals surface area contributed by atoms with Gasteiger partial charge in [-0.1, -0.05) is 29.3 Å². The third-order valence-corrected chi connectivity index (χ3v) is 3.98. The monoisotopic (exact) mass is 306 g/mol. The smallest absolute Gasteiger partial charge is 0.128 e. The molecule has 2 rings (SSSR count). The van der Waals surface area contributed by atoms with Gasteiger partial charge in [0.25, 0.3) is 0 Å². The Kier molecular flexibility index (Phi) is 4.86. The van der Waals surface area contributed by atoms with Gasteiger partial charge in [0.15, 0.2) is 0 Å². The van der Waals surface area contributed by atoms with Crippen molar-refractivity contribution in [2.75, 3.05) is 18.5 Å². The molecule has 0 heterocycles. The Labute approximate surface area is 130 Å². The summed E-state index contributed by atoms with van der Waals surface area (Å²) in [5, 5.41) is 0.513. The first-order valence-corrected chi connectivity index (χ1v) is 7.27. The van der Waals surface area contributed by atoms with Gasteiger partial charge < -0.3 is 10.6 Å². The highest BCUT2D eigenvalue weighted by molar-refractivity contribution is 6.30. The Hall–Kier alpha value is -1.58. The number of hydrogen-bond donors (Lipinski definition) is 1. The van der Waals surface area contributed by atoms with Crippen LogP contribution in [0.3, 0.4) is 0 Å². The first kappa shape index (κ1) is 15.8. The lowest BCUT2D eigenvalue weighted by molar-refractivity contribution is 0.572. The predicted octanol–water partition coefficient (Wildman–Crippen LogP) is 4.23. The number of rotatable bonds is 4. The summed E-state index contributed by atoms with van der Waals surface area (Å²) < 4.78 is 14.1. The summed E-state index contributed by atoms with van der Waals surface area (Å²) in [6.07, 6.45) is 0. The molecule has 0 spiro atoms. The lowest BCUT2D eigenvalue weighted by atomic mass is 10.0. The number of hydrogen-bond acceptors (Lipinski definition) is 2. The van der Waals surface area contributed by atoms with Crippen molar-refractivity contribution >= 4 is 17.3 Å². The molecule has 0 bridgehead atoms. The van der Waals surface area contributed by atoms with E-state index in [0.29, 0.717) is 17.1 Å². The second-order valence-corrected chi connectivity index (χ2v) is 5.75. The molecule has 0 aliphatic rings. The van der Waals surface area contributed by atoms with E-state index in [2.05, 4.69) is 6.07 Å². The predicted molar refractivity (Wildman–Crippen MR) is 87.5 cm³/mol. The zero-order valence-corrected chi connectivity index (χ0v) is 13.3. The van der Waals surface area contributed by atoms with Crippen molar-refractivity contribution in [1.82, 2.24) is 0 Å². The number of benzene rings is 2. The van der Waals surface area contributed by atoms with Gasteiger partial charge in [-0.25, -0.2) is 4.39 Å². The molecule has 2 aromatic carbocycles. The van der Waals surface area contributed by atoms with Crippen molar-refractivity contribution in [1.29, 1.82) is 0 Å². The molecule has 2 aromatic rings. The zero-order chi connectivity index (χ0) is 15.6. The quantitative estimate of drug-likeness (QED) is 0.916. The molecule has 0 aromatic heterocycles. The molecular weight excluding hydrogens is 287 g/mol. The zero-order valence-electron chi connectivity index (χ0n) is 12.5. The van der Waals surface area contributed by atoms with Gasteiger partial charge in [0.1, 0.15) is 5.82 Å². The number of anilines is 1. The normalized spacial score (nSPS) is 12.3. The van der Waals surface area contributed by atoms with E-state index in [9.17, 15) is 4.39 Å². The molecule has 0 radical (unpaired) electrons. The molecule has 2 nitrogen and oxygen atoms in total. The van der Waals surface area contributed by atoms with Crippen molar-refractivity contribution in [3.05, 3.63) is 63.9 Å². The van der Waals surface area contributed by atoms with Gasteiger partial charge in [0.05, 0.1) is 6.04 Å². The third kappa shape index (κ3) is 3.36. The largest absolute Gasteiger partial charge is 0.366 e. The third-order valence-electron chi connectivity index (χ3n) is 3.74. The molecule has 1 atom stereocenters. The Morgan fingerprint density at radius 2 is 1.90 bits per heavy atom. The van der Waals surface area contributed by atoms with Crippen LogP contribution in [0, 0.1) is 19.7 Å². The van der Waals surface area contributed by atoms with Crippen LogP contribution in [0.25, 0.3) is 0 Å². The lowest BCUT2D eigenvalue weighted by Gasteiger charge is -2.31. The van der Waals surface area contributed by atoms with E-state index in [4.69, 9.17) is 17.3 Å². The van der Waals surface area contributed by atoms with Crippen molar-refractivity contribution in [3.8, 4) is 0 Å². The van der Waals surface area contributed by atoms with Gasteiger partial charge in [0, 0.05) is 29.9 Å². The average molecular weight is 307 g/mol. The fraction of sp³-hybridized carbons (Fsp3) is 0.294. The fourth-order valence-corrected chi connectivity index (χ4v) is 2.81. The molecule has 1 unspecified atom stereocenters. The van der Waals surface area contributed by atoms with Crippen molar-refractivity contribution in [3.63, 3.8) is 0 Å². The maximum Gasteiger partial charge on any atom is 0.128 e. The highest BCUT2D eigenvalue weighted by atomic mass is 35.5. The van der Waals surface area contributed by atoms with E-state index >= 15 is 0 Å². The Balaban J connectivity index is 2.43. The van der Waals surface area contributed by atoms with Gasteiger partial charge in [-0.2, -0.15) is 0 Å². The molecule has 112 valence electrons. The minimum atomic E-state index is -0.286. The van der Waals surface area contributed by atoms with Crippen LogP contribution in [0.2, 0.25) is 5.02 Å². The topological polar surface area (TPSA) is 29.3 Å². The molecule has 0 aliphatic carbocycles. The summed E-state index contributed by atoms with van der Waals surface area (Å²) in [6.45, 7) is 4.40. The molecule has 0 aliphatic heterocycles. The molecule has 4 heteroatoms.